The number of aryl methyl sites for hydroxylation is 1. The minimum atomic E-state index is -0.773. The maximum atomic E-state index is 13.1. The molecule has 0 spiro atoms. The standard InChI is InChI=1S/C9H8F2N4S/c1-15-9(13-4-14-15)16-7-3-5(10)2-6(11)8(7)12/h2-4H,12H2,1H3. The Morgan fingerprint density at radius 1 is 1.38 bits per heavy atom. The molecule has 2 aromatic rings. The van der Waals surface area contributed by atoms with Gasteiger partial charge in [0.1, 0.15) is 18.0 Å². The van der Waals surface area contributed by atoms with Gasteiger partial charge >= 0.3 is 0 Å². The Labute approximate surface area is 94.5 Å². The molecule has 0 bridgehead atoms. The number of halogens is 2. The molecule has 2 rings (SSSR count). The average Bonchev–Trinajstić information content (AvgIpc) is 2.60. The number of nitrogens with zero attached hydrogens (tertiary/aromatic N) is 3. The topological polar surface area (TPSA) is 56.7 Å². The maximum absolute atomic E-state index is 13.1. The van der Waals surface area contributed by atoms with Gasteiger partial charge in [-0.05, 0) is 17.8 Å². The SMILES string of the molecule is Cn1ncnc1Sc1cc(F)cc(F)c1N. The van der Waals surface area contributed by atoms with Crippen LogP contribution >= 0.6 is 11.8 Å². The first-order valence-electron chi connectivity index (χ1n) is 4.34. The average molecular weight is 242 g/mol. The largest absolute Gasteiger partial charge is 0.395 e. The van der Waals surface area contributed by atoms with E-state index in [0.717, 1.165) is 23.9 Å². The first kappa shape index (κ1) is 10.9. The summed E-state index contributed by atoms with van der Waals surface area (Å²) in [5.74, 6) is -1.44. The second-order valence-electron chi connectivity index (χ2n) is 3.07. The zero-order valence-electron chi connectivity index (χ0n) is 8.32. The van der Waals surface area contributed by atoms with Crippen LogP contribution in [0.1, 0.15) is 0 Å². The Balaban J connectivity index is 2.38. The summed E-state index contributed by atoms with van der Waals surface area (Å²) in [6, 6.07) is 1.91. The van der Waals surface area contributed by atoms with E-state index >= 15 is 0 Å². The molecule has 4 nitrogen and oxygen atoms in total. The van der Waals surface area contributed by atoms with Gasteiger partial charge in [0, 0.05) is 18.0 Å². The third-order valence-electron chi connectivity index (χ3n) is 1.93. The highest BCUT2D eigenvalue weighted by atomic mass is 32.2. The third kappa shape index (κ3) is 1.99. The Kier molecular flexibility index (Phi) is 2.78. The van der Waals surface area contributed by atoms with Crippen molar-refractivity contribution in [3.63, 3.8) is 0 Å². The van der Waals surface area contributed by atoms with Gasteiger partial charge in [-0.1, -0.05) is 0 Å². The van der Waals surface area contributed by atoms with Crippen molar-refractivity contribution in [3.8, 4) is 0 Å². The molecule has 0 aliphatic carbocycles. The lowest BCUT2D eigenvalue weighted by Gasteiger charge is -2.05. The highest BCUT2D eigenvalue weighted by Crippen LogP contribution is 2.32. The van der Waals surface area contributed by atoms with Gasteiger partial charge in [0.05, 0.1) is 5.69 Å². The van der Waals surface area contributed by atoms with Crippen LogP contribution in [0.3, 0.4) is 0 Å². The van der Waals surface area contributed by atoms with Gasteiger partial charge in [-0.3, -0.25) is 0 Å². The number of rotatable bonds is 2. The predicted molar refractivity (Wildman–Crippen MR) is 55.9 cm³/mol. The van der Waals surface area contributed by atoms with Crippen LogP contribution in [0.4, 0.5) is 14.5 Å². The van der Waals surface area contributed by atoms with Crippen LogP contribution in [0.15, 0.2) is 28.5 Å². The van der Waals surface area contributed by atoms with Gasteiger partial charge < -0.3 is 5.73 Å². The van der Waals surface area contributed by atoms with Crippen LogP contribution in [0, 0.1) is 11.6 Å². The normalized spacial score (nSPS) is 10.7. The first-order valence-corrected chi connectivity index (χ1v) is 5.16. The molecule has 0 radical (unpaired) electrons. The minimum Gasteiger partial charge on any atom is -0.395 e. The summed E-state index contributed by atoms with van der Waals surface area (Å²) in [6.07, 6.45) is 1.36. The van der Waals surface area contributed by atoms with E-state index in [-0.39, 0.29) is 10.6 Å². The molecule has 0 aliphatic rings. The summed E-state index contributed by atoms with van der Waals surface area (Å²) in [5.41, 5.74) is 5.41. The van der Waals surface area contributed by atoms with Crippen LogP contribution in [0.2, 0.25) is 0 Å². The minimum absolute atomic E-state index is 0.0885. The molecule has 0 amide bonds. The van der Waals surface area contributed by atoms with Crippen LogP contribution in [0.25, 0.3) is 0 Å². The zero-order valence-corrected chi connectivity index (χ0v) is 9.13. The zero-order chi connectivity index (χ0) is 11.7. The van der Waals surface area contributed by atoms with Crippen molar-refractivity contribution in [1.82, 2.24) is 14.8 Å². The van der Waals surface area contributed by atoms with E-state index in [1.807, 2.05) is 0 Å². The molecule has 0 fully saturated rings. The second kappa shape index (κ2) is 4.09. The van der Waals surface area contributed by atoms with Crippen LogP contribution in [0.5, 0.6) is 0 Å². The van der Waals surface area contributed by atoms with Crippen molar-refractivity contribution >= 4 is 17.4 Å². The lowest BCUT2D eigenvalue weighted by Crippen LogP contribution is -1.97. The Bertz CT molecular complexity index is 526. The van der Waals surface area contributed by atoms with Crippen molar-refractivity contribution in [2.75, 3.05) is 5.73 Å². The Morgan fingerprint density at radius 2 is 2.12 bits per heavy atom. The van der Waals surface area contributed by atoms with E-state index in [2.05, 4.69) is 10.1 Å². The number of nitrogen functional groups attached to an aromatic ring is 1. The molecule has 84 valence electrons. The molecular formula is C9H8F2N4S. The van der Waals surface area contributed by atoms with Crippen molar-refractivity contribution in [2.45, 2.75) is 10.1 Å². The number of hydrogen-bond acceptors (Lipinski definition) is 4. The molecule has 1 aromatic heterocycles. The highest BCUT2D eigenvalue weighted by molar-refractivity contribution is 7.99. The van der Waals surface area contributed by atoms with E-state index in [1.165, 1.54) is 11.0 Å². The maximum Gasteiger partial charge on any atom is 0.190 e. The van der Waals surface area contributed by atoms with E-state index in [0.29, 0.717) is 5.16 Å². The number of hydrogen-bond donors (Lipinski definition) is 1. The second-order valence-corrected chi connectivity index (χ2v) is 4.08. The van der Waals surface area contributed by atoms with Crippen LogP contribution in [-0.2, 0) is 7.05 Å². The fourth-order valence-corrected chi connectivity index (χ4v) is 1.98. The molecule has 0 unspecified atom stereocenters. The molecule has 1 aromatic carbocycles. The molecule has 7 heteroatoms. The molecule has 0 aliphatic heterocycles. The summed E-state index contributed by atoms with van der Waals surface area (Å²) >= 11 is 1.06. The van der Waals surface area contributed by atoms with E-state index in [9.17, 15) is 8.78 Å². The van der Waals surface area contributed by atoms with Gasteiger partial charge in [0.2, 0.25) is 0 Å². The number of benzene rings is 1. The molecule has 16 heavy (non-hydrogen) atoms. The van der Waals surface area contributed by atoms with E-state index in [4.69, 9.17) is 5.73 Å². The third-order valence-corrected chi connectivity index (χ3v) is 3.04. The van der Waals surface area contributed by atoms with Gasteiger partial charge in [0.25, 0.3) is 0 Å². The molecule has 1 heterocycles. The highest BCUT2D eigenvalue weighted by Gasteiger charge is 2.12. The van der Waals surface area contributed by atoms with Crippen molar-refractivity contribution in [1.29, 1.82) is 0 Å². The van der Waals surface area contributed by atoms with Gasteiger partial charge in [-0.15, -0.1) is 0 Å². The first-order chi connectivity index (χ1) is 7.58. The monoisotopic (exact) mass is 242 g/mol. The van der Waals surface area contributed by atoms with E-state index < -0.39 is 11.6 Å². The van der Waals surface area contributed by atoms with E-state index in [1.54, 1.807) is 7.05 Å². The van der Waals surface area contributed by atoms with Crippen LogP contribution < -0.4 is 5.73 Å². The lowest BCUT2D eigenvalue weighted by molar-refractivity contribution is 0.581. The summed E-state index contributed by atoms with van der Waals surface area (Å²) in [7, 11) is 1.68. The summed E-state index contributed by atoms with van der Waals surface area (Å²) in [6.45, 7) is 0. The fourth-order valence-electron chi connectivity index (χ4n) is 1.12. The molecular weight excluding hydrogens is 234 g/mol. The Hall–Kier alpha value is -1.63. The van der Waals surface area contributed by atoms with Crippen molar-refractivity contribution < 1.29 is 8.78 Å². The summed E-state index contributed by atoms with van der Waals surface area (Å²) < 4.78 is 27.6. The lowest BCUT2D eigenvalue weighted by atomic mass is 10.3. The smallest absolute Gasteiger partial charge is 0.190 e. The number of aromatic nitrogens is 3. The summed E-state index contributed by atoms with van der Waals surface area (Å²) in [4.78, 5) is 4.21. The molecule has 2 N–H and O–H groups in total. The number of nitrogens with two attached hydrogens (primary N) is 1. The fraction of sp³-hybridized carbons (Fsp3) is 0.111. The quantitative estimate of drug-likeness (QED) is 0.816. The van der Waals surface area contributed by atoms with Crippen molar-refractivity contribution in [2.24, 2.45) is 7.05 Å². The molecule has 0 saturated carbocycles. The van der Waals surface area contributed by atoms with Gasteiger partial charge in [-0.2, -0.15) is 5.10 Å². The van der Waals surface area contributed by atoms with Gasteiger partial charge in [-0.25, -0.2) is 18.4 Å². The van der Waals surface area contributed by atoms with Crippen molar-refractivity contribution in [3.05, 3.63) is 30.1 Å². The molecule has 0 saturated heterocycles. The number of anilines is 1. The predicted octanol–water partition coefficient (Wildman–Crippen LogP) is 1.83. The van der Waals surface area contributed by atoms with Gasteiger partial charge in [0.15, 0.2) is 5.16 Å². The molecule has 0 atom stereocenters. The van der Waals surface area contributed by atoms with Crippen LogP contribution in [-0.4, -0.2) is 14.8 Å². The summed E-state index contributed by atoms with van der Waals surface area (Å²) in [5, 5.41) is 4.35. The Morgan fingerprint density at radius 3 is 2.75 bits per heavy atom.